The number of nitrogens with zero attached hydrogens (tertiary/aromatic N) is 1. The fourth-order valence-corrected chi connectivity index (χ4v) is 1.96. The standard InChI is InChI=1S/C13H19BrN2O/c1-11-10-12(6-9-15-11)13(17)16-8-5-3-2-4-7-14/h6,9-10H,2-5,7-8H2,1H3,(H,16,17). The van der Waals surface area contributed by atoms with Crippen molar-refractivity contribution in [2.45, 2.75) is 32.6 Å². The number of aromatic nitrogens is 1. The monoisotopic (exact) mass is 298 g/mol. The van der Waals surface area contributed by atoms with Gasteiger partial charge in [0.2, 0.25) is 0 Å². The van der Waals surface area contributed by atoms with Crippen molar-refractivity contribution >= 4 is 21.8 Å². The Bertz CT molecular complexity index is 355. The fourth-order valence-electron chi connectivity index (χ4n) is 1.56. The van der Waals surface area contributed by atoms with Crippen LogP contribution in [-0.2, 0) is 0 Å². The molecule has 1 aromatic rings. The second kappa shape index (κ2) is 8.23. The number of hydrogen-bond acceptors (Lipinski definition) is 2. The van der Waals surface area contributed by atoms with E-state index in [1.807, 2.05) is 6.92 Å². The van der Waals surface area contributed by atoms with E-state index in [1.165, 1.54) is 19.3 Å². The van der Waals surface area contributed by atoms with Crippen LogP contribution in [0.5, 0.6) is 0 Å². The predicted octanol–water partition coefficient (Wildman–Crippen LogP) is 3.08. The molecular weight excluding hydrogens is 280 g/mol. The average Bonchev–Trinajstić information content (AvgIpc) is 2.33. The number of hydrogen-bond donors (Lipinski definition) is 1. The largest absolute Gasteiger partial charge is 0.352 e. The number of amides is 1. The molecule has 94 valence electrons. The molecule has 0 radical (unpaired) electrons. The van der Waals surface area contributed by atoms with Crippen LogP contribution in [0.15, 0.2) is 18.3 Å². The highest BCUT2D eigenvalue weighted by atomic mass is 79.9. The van der Waals surface area contributed by atoms with Crippen LogP contribution < -0.4 is 5.32 Å². The van der Waals surface area contributed by atoms with Gasteiger partial charge in [-0.25, -0.2) is 0 Å². The maximum absolute atomic E-state index is 11.7. The van der Waals surface area contributed by atoms with E-state index in [9.17, 15) is 4.79 Å². The first-order valence-electron chi connectivity index (χ1n) is 6.01. The number of pyridine rings is 1. The van der Waals surface area contributed by atoms with Gasteiger partial charge in [0.25, 0.3) is 5.91 Å². The lowest BCUT2D eigenvalue weighted by Gasteiger charge is -2.05. The van der Waals surface area contributed by atoms with Gasteiger partial charge in [0, 0.05) is 29.3 Å². The number of aryl methyl sites for hydroxylation is 1. The summed E-state index contributed by atoms with van der Waals surface area (Å²) < 4.78 is 0. The topological polar surface area (TPSA) is 42.0 Å². The molecule has 1 aromatic heterocycles. The predicted molar refractivity (Wildman–Crippen MR) is 73.6 cm³/mol. The van der Waals surface area contributed by atoms with Gasteiger partial charge in [0.15, 0.2) is 0 Å². The number of nitrogens with one attached hydrogen (secondary N) is 1. The zero-order valence-electron chi connectivity index (χ0n) is 10.2. The molecule has 0 saturated carbocycles. The van der Waals surface area contributed by atoms with Gasteiger partial charge >= 0.3 is 0 Å². The Labute approximate surface area is 111 Å². The third-order valence-electron chi connectivity index (χ3n) is 2.50. The van der Waals surface area contributed by atoms with E-state index in [2.05, 4.69) is 26.2 Å². The second-order valence-corrected chi connectivity index (χ2v) is 4.84. The average molecular weight is 299 g/mol. The third-order valence-corrected chi connectivity index (χ3v) is 3.07. The van der Waals surface area contributed by atoms with E-state index in [1.54, 1.807) is 18.3 Å². The number of unbranched alkanes of at least 4 members (excludes halogenated alkanes) is 3. The molecule has 1 N–H and O–H groups in total. The van der Waals surface area contributed by atoms with Crippen LogP contribution in [-0.4, -0.2) is 22.8 Å². The van der Waals surface area contributed by atoms with Crippen molar-refractivity contribution in [1.82, 2.24) is 10.3 Å². The van der Waals surface area contributed by atoms with Crippen molar-refractivity contribution in [2.75, 3.05) is 11.9 Å². The molecule has 0 atom stereocenters. The van der Waals surface area contributed by atoms with Crippen LogP contribution in [0, 0.1) is 6.92 Å². The normalized spacial score (nSPS) is 10.2. The van der Waals surface area contributed by atoms with Gasteiger partial charge < -0.3 is 5.32 Å². The maximum Gasteiger partial charge on any atom is 0.251 e. The SMILES string of the molecule is Cc1cc(C(=O)NCCCCCCBr)ccn1. The molecule has 1 amide bonds. The molecule has 0 unspecified atom stereocenters. The minimum Gasteiger partial charge on any atom is -0.352 e. The number of halogens is 1. The Morgan fingerprint density at radius 3 is 2.82 bits per heavy atom. The molecule has 0 fully saturated rings. The summed E-state index contributed by atoms with van der Waals surface area (Å²) in [5, 5.41) is 3.99. The lowest BCUT2D eigenvalue weighted by atomic mass is 10.2. The number of carbonyl (C=O) groups excluding carboxylic acids is 1. The van der Waals surface area contributed by atoms with E-state index in [0.29, 0.717) is 5.56 Å². The molecule has 3 nitrogen and oxygen atoms in total. The second-order valence-electron chi connectivity index (χ2n) is 4.04. The summed E-state index contributed by atoms with van der Waals surface area (Å²) in [5.74, 6) is -0.00371. The lowest BCUT2D eigenvalue weighted by molar-refractivity contribution is 0.0952. The van der Waals surface area contributed by atoms with Gasteiger partial charge in [-0.05, 0) is 31.9 Å². The van der Waals surface area contributed by atoms with Crippen LogP contribution in [0.3, 0.4) is 0 Å². The molecule has 4 heteroatoms. The number of rotatable bonds is 7. The molecular formula is C13H19BrN2O. The summed E-state index contributed by atoms with van der Waals surface area (Å²) in [5.41, 5.74) is 1.56. The highest BCUT2D eigenvalue weighted by molar-refractivity contribution is 9.09. The molecule has 0 bridgehead atoms. The van der Waals surface area contributed by atoms with E-state index in [0.717, 1.165) is 24.0 Å². The first kappa shape index (κ1) is 14.2. The van der Waals surface area contributed by atoms with Gasteiger partial charge in [0.05, 0.1) is 0 Å². The molecule has 0 spiro atoms. The molecule has 1 rings (SSSR count). The summed E-state index contributed by atoms with van der Waals surface area (Å²) in [6.07, 6.45) is 6.30. The van der Waals surface area contributed by atoms with E-state index < -0.39 is 0 Å². The van der Waals surface area contributed by atoms with E-state index in [4.69, 9.17) is 0 Å². The molecule has 0 saturated heterocycles. The zero-order valence-corrected chi connectivity index (χ0v) is 11.8. The maximum atomic E-state index is 11.7. The first-order valence-corrected chi connectivity index (χ1v) is 7.13. The zero-order chi connectivity index (χ0) is 12.5. The van der Waals surface area contributed by atoms with Gasteiger partial charge in [-0.1, -0.05) is 28.8 Å². The van der Waals surface area contributed by atoms with E-state index in [-0.39, 0.29) is 5.91 Å². The Hall–Kier alpha value is -0.900. The Morgan fingerprint density at radius 2 is 2.12 bits per heavy atom. The number of carbonyl (C=O) groups is 1. The van der Waals surface area contributed by atoms with Crippen molar-refractivity contribution in [1.29, 1.82) is 0 Å². The minimum absolute atomic E-state index is 0.00371. The quantitative estimate of drug-likeness (QED) is 0.621. The van der Waals surface area contributed by atoms with Crippen molar-refractivity contribution < 1.29 is 4.79 Å². The molecule has 0 aliphatic rings. The Morgan fingerprint density at radius 1 is 1.35 bits per heavy atom. The summed E-state index contributed by atoms with van der Waals surface area (Å²) in [6, 6.07) is 3.55. The van der Waals surface area contributed by atoms with Crippen molar-refractivity contribution in [3.63, 3.8) is 0 Å². The van der Waals surface area contributed by atoms with Crippen LogP contribution in [0.1, 0.15) is 41.7 Å². The third kappa shape index (κ3) is 5.82. The summed E-state index contributed by atoms with van der Waals surface area (Å²) in [4.78, 5) is 15.8. The molecule has 0 aliphatic carbocycles. The molecule has 0 aromatic carbocycles. The minimum atomic E-state index is -0.00371. The summed E-state index contributed by atoms with van der Waals surface area (Å²) in [6.45, 7) is 2.64. The van der Waals surface area contributed by atoms with Gasteiger partial charge in [-0.3, -0.25) is 9.78 Å². The van der Waals surface area contributed by atoms with Crippen molar-refractivity contribution in [2.24, 2.45) is 0 Å². The van der Waals surface area contributed by atoms with Crippen LogP contribution in [0.25, 0.3) is 0 Å². The van der Waals surface area contributed by atoms with E-state index >= 15 is 0 Å². The molecule has 1 heterocycles. The Balaban J connectivity index is 2.21. The van der Waals surface area contributed by atoms with Crippen LogP contribution in [0.2, 0.25) is 0 Å². The molecule has 0 aliphatic heterocycles. The Kier molecular flexibility index (Phi) is 6.86. The van der Waals surface area contributed by atoms with Crippen molar-refractivity contribution in [3.8, 4) is 0 Å². The lowest BCUT2D eigenvalue weighted by Crippen LogP contribution is -2.24. The highest BCUT2D eigenvalue weighted by Gasteiger charge is 2.04. The summed E-state index contributed by atoms with van der Waals surface area (Å²) in [7, 11) is 0. The molecule has 17 heavy (non-hydrogen) atoms. The number of alkyl halides is 1. The summed E-state index contributed by atoms with van der Waals surface area (Å²) >= 11 is 3.40. The van der Waals surface area contributed by atoms with Gasteiger partial charge in [-0.2, -0.15) is 0 Å². The van der Waals surface area contributed by atoms with Crippen LogP contribution in [0.4, 0.5) is 0 Å². The van der Waals surface area contributed by atoms with Crippen molar-refractivity contribution in [3.05, 3.63) is 29.6 Å². The van der Waals surface area contributed by atoms with Crippen LogP contribution >= 0.6 is 15.9 Å². The smallest absolute Gasteiger partial charge is 0.251 e. The highest BCUT2D eigenvalue weighted by Crippen LogP contribution is 2.03. The van der Waals surface area contributed by atoms with Gasteiger partial charge in [-0.15, -0.1) is 0 Å². The van der Waals surface area contributed by atoms with Gasteiger partial charge in [0.1, 0.15) is 0 Å². The first-order chi connectivity index (χ1) is 8.24. The fraction of sp³-hybridized carbons (Fsp3) is 0.538.